The Balaban J connectivity index is 2.86. The summed E-state index contributed by atoms with van der Waals surface area (Å²) in [5.74, 6) is 0. The van der Waals surface area contributed by atoms with E-state index < -0.39 is 0 Å². The molecule has 1 aliphatic heterocycles. The third kappa shape index (κ3) is 1.87. The highest BCUT2D eigenvalue weighted by Crippen LogP contribution is 2.28. The van der Waals surface area contributed by atoms with Crippen molar-refractivity contribution in [2.24, 2.45) is 4.99 Å². The van der Waals surface area contributed by atoms with Gasteiger partial charge in [0.05, 0.1) is 0 Å². The van der Waals surface area contributed by atoms with Gasteiger partial charge in [0.1, 0.15) is 0 Å². The van der Waals surface area contributed by atoms with Crippen molar-refractivity contribution in [3.8, 4) is 0 Å². The van der Waals surface area contributed by atoms with E-state index in [1.807, 2.05) is 13.0 Å². The van der Waals surface area contributed by atoms with E-state index in [0.717, 1.165) is 24.4 Å². The van der Waals surface area contributed by atoms with E-state index in [2.05, 4.69) is 31.1 Å². The van der Waals surface area contributed by atoms with E-state index >= 15 is 0 Å². The minimum atomic E-state index is 0.000509. The molecule has 0 unspecified atom stereocenters. The van der Waals surface area contributed by atoms with Crippen molar-refractivity contribution in [1.29, 1.82) is 0 Å². The van der Waals surface area contributed by atoms with E-state index in [0.29, 0.717) is 0 Å². The molecule has 0 saturated heterocycles. The van der Waals surface area contributed by atoms with Crippen LogP contribution in [0.25, 0.3) is 5.32 Å². The second-order valence-electron chi connectivity index (χ2n) is 3.71. The van der Waals surface area contributed by atoms with Crippen molar-refractivity contribution in [2.75, 3.05) is 6.54 Å². The number of rotatable bonds is 1. The predicted octanol–water partition coefficient (Wildman–Crippen LogP) is 2.91. The van der Waals surface area contributed by atoms with Gasteiger partial charge in [0, 0.05) is 12.3 Å². The lowest BCUT2D eigenvalue weighted by atomic mass is 10.0. The zero-order chi connectivity index (χ0) is 9.19. The maximum atomic E-state index is 4.62. The molecule has 1 rings (SSSR count). The van der Waals surface area contributed by atoms with Crippen LogP contribution in [0, 0.1) is 0 Å². The third-order valence-corrected chi connectivity index (χ3v) is 1.98. The molecule has 2 heteroatoms. The fourth-order valence-electron chi connectivity index (χ4n) is 1.32. The van der Waals surface area contributed by atoms with Crippen LogP contribution < -0.4 is 0 Å². The van der Waals surface area contributed by atoms with Crippen molar-refractivity contribution in [1.82, 2.24) is 0 Å². The molecule has 0 aromatic rings. The minimum Gasteiger partial charge on any atom is -0.677 e. The largest absolute Gasteiger partial charge is 0.677 e. The summed E-state index contributed by atoms with van der Waals surface area (Å²) in [6.45, 7) is 9.20. The van der Waals surface area contributed by atoms with Gasteiger partial charge in [-0.1, -0.05) is 26.3 Å². The van der Waals surface area contributed by atoms with Crippen molar-refractivity contribution in [2.45, 2.75) is 39.7 Å². The van der Waals surface area contributed by atoms with Crippen LogP contribution in [0.5, 0.6) is 0 Å². The number of hydrogen-bond acceptors (Lipinski definition) is 1. The quantitative estimate of drug-likeness (QED) is 0.571. The Kier molecular flexibility index (Phi) is 2.55. The van der Waals surface area contributed by atoms with Crippen LogP contribution >= 0.6 is 0 Å². The normalized spacial score (nSPS) is 25.0. The van der Waals surface area contributed by atoms with Crippen LogP contribution in [-0.4, -0.2) is 17.8 Å². The SMILES string of the molecule is C/C=C1\[N-]C(C)(C)CN=C1CC. The van der Waals surface area contributed by atoms with Crippen LogP contribution in [0.15, 0.2) is 16.8 Å². The first-order valence-corrected chi connectivity index (χ1v) is 4.52. The van der Waals surface area contributed by atoms with Gasteiger partial charge < -0.3 is 5.32 Å². The average Bonchev–Trinajstić information content (AvgIpc) is 2.03. The Hall–Kier alpha value is -0.790. The molecular weight excluding hydrogens is 148 g/mol. The number of aliphatic imine (C=N–C) groups is 1. The minimum absolute atomic E-state index is 0.000509. The van der Waals surface area contributed by atoms with Gasteiger partial charge in [-0.2, -0.15) is 0 Å². The fraction of sp³-hybridized carbons (Fsp3) is 0.700. The number of nitrogens with zero attached hydrogens (tertiary/aromatic N) is 2. The lowest BCUT2D eigenvalue weighted by Gasteiger charge is -2.46. The topological polar surface area (TPSA) is 26.5 Å². The lowest BCUT2D eigenvalue weighted by molar-refractivity contribution is 0.595. The zero-order valence-electron chi connectivity index (χ0n) is 8.39. The summed E-state index contributed by atoms with van der Waals surface area (Å²) in [5, 5.41) is 4.62. The Morgan fingerprint density at radius 3 is 2.75 bits per heavy atom. The summed E-state index contributed by atoms with van der Waals surface area (Å²) in [4.78, 5) is 4.51. The molecule has 0 spiro atoms. The Labute approximate surface area is 74.8 Å². The van der Waals surface area contributed by atoms with Gasteiger partial charge in [0.25, 0.3) is 0 Å². The Bertz CT molecular complexity index is 224. The maximum absolute atomic E-state index is 4.62. The zero-order valence-corrected chi connectivity index (χ0v) is 8.39. The molecule has 0 aliphatic carbocycles. The smallest absolute Gasteiger partial charge is 0.0282 e. The highest BCUT2D eigenvalue weighted by Gasteiger charge is 2.12. The van der Waals surface area contributed by atoms with Crippen molar-refractivity contribution in [3.05, 3.63) is 17.1 Å². The maximum Gasteiger partial charge on any atom is 0.0282 e. The van der Waals surface area contributed by atoms with Gasteiger partial charge in [-0.15, -0.1) is 11.8 Å². The molecule has 12 heavy (non-hydrogen) atoms. The van der Waals surface area contributed by atoms with E-state index in [1.54, 1.807) is 0 Å². The van der Waals surface area contributed by atoms with Crippen molar-refractivity contribution in [3.63, 3.8) is 0 Å². The Morgan fingerprint density at radius 1 is 1.58 bits per heavy atom. The molecule has 0 aromatic heterocycles. The molecule has 0 bridgehead atoms. The second-order valence-corrected chi connectivity index (χ2v) is 3.71. The molecule has 0 radical (unpaired) electrons. The summed E-state index contributed by atoms with van der Waals surface area (Å²) >= 11 is 0. The summed E-state index contributed by atoms with van der Waals surface area (Å²) < 4.78 is 0. The van der Waals surface area contributed by atoms with Crippen molar-refractivity contribution >= 4 is 5.71 Å². The third-order valence-electron chi connectivity index (χ3n) is 1.98. The van der Waals surface area contributed by atoms with E-state index in [9.17, 15) is 0 Å². The molecule has 0 atom stereocenters. The van der Waals surface area contributed by atoms with Crippen molar-refractivity contribution < 1.29 is 0 Å². The van der Waals surface area contributed by atoms with Gasteiger partial charge in [-0.3, -0.25) is 4.99 Å². The Morgan fingerprint density at radius 2 is 2.25 bits per heavy atom. The van der Waals surface area contributed by atoms with Gasteiger partial charge in [-0.25, -0.2) is 0 Å². The standard InChI is InChI=1S/C10H17N2/c1-5-8-9(6-2)12-10(3,4)7-11-8/h6H,5,7H2,1-4H3/q-1/b9-6-. The number of hydrogen-bond donors (Lipinski definition) is 0. The molecule has 1 heterocycles. The van der Waals surface area contributed by atoms with Crippen LogP contribution in [0.1, 0.15) is 34.1 Å². The van der Waals surface area contributed by atoms with Crippen LogP contribution in [0.2, 0.25) is 0 Å². The first-order valence-electron chi connectivity index (χ1n) is 4.52. The first kappa shape index (κ1) is 9.30. The molecule has 0 aromatic carbocycles. The molecule has 0 amide bonds. The lowest BCUT2D eigenvalue weighted by Crippen LogP contribution is -2.29. The molecule has 0 N–H and O–H groups in total. The number of allylic oxidation sites excluding steroid dienone is 2. The molecule has 0 saturated carbocycles. The predicted molar refractivity (Wildman–Crippen MR) is 53.8 cm³/mol. The summed E-state index contributed by atoms with van der Waals surface area (Å²) in [6.07, 6.45) is 3.03. The van der Waals surface area contributed by atoms with E-state index in [1.165, 1.54) is 0 Å². The van der Waals surface area contributed by atoms with Gasteiger partial charge in [0.15, 0.2) is 0 Å². The average molecular weight is 165 g/mol. The van der Waals surface area contributed by atoms with E-state index in [-0.39, 0.29) is 5.54 Å². The van der Waals surface area contributed by atoms with Crippen LogP contribution in [0.4, 0.5) is 0 Å². The monoisotopic (exact) mass is 165 g/mol. The van der Waals surface area contributed by atoms with Crippen LogP contribution in [-0.2, 0) is 0 Å². The molecule has 68 valence electrons. The summed E-state index contributed by atoms with van der Waals surface area (Å²) in [5.41, 5.74) is 2.23. The molecule has 0 fully saturated rings. The first-order chi connectivity index (χ1) is 5.59. The van der Waals surface area contributed by atoms with Gasteiger partial charge >= 0.3 is 0 Å². The highest BCUT2D eigenvalue weighted by atomic mass is 15.1. The van der Waals surface area contributed by atoms with Gasteiger partial charge in [-0.05, 0) is 13.3 Å². The molecular formula is C10H17N2-. The highest BCUT2D eigenvalue weighted by molar-refractivity contribution is 6.03. The molecule has 2 nitrogen and oxygen atoms in total. The fourth-order valence-corrected chi connectivity index (χ4v) is 1.32. The summed E-state index contributed by atoms with van der Waals surface area (Å²) in [7, 11) is 0. The van der Waals surface area contributed by atoms with E-state index in [4.69, 9.17) is 0 Å². The van der Waals surface area contributed by atoms with Crippen LogP contribution in [0.3, 0.4) is 0 Å². The van der Waals surface area contributed by atoms with Gasteiger partial charge in [0.2, 0.25) is 0 Å². The summed E-state index contributed by atoms with van der Waals surface area (Å²) in [6, 6.07) is 0. The second kappa shape index (κ2) is 3.30. The molecule has 1 aliphatic rings.